The largest absolute Gasteiger partial charge is 0.267 e. The molecule has 1 aromatic heterocycles. The van der Waals surface area contributed by atoms with Crippen LogP contribution in [0.3, 0.4) is 0 Å². The summed E-state index contributed by atoms with van der Waals surface area (Å²) < 4.78 is 56.2. The van der Waals surface area contributed by atoms with E-state index in [0.29, 0.717) is 11.9 Å². The summed E-state index contributed by atoms with van der Waals surface area (Å²) in [6, 6.07) is 1.35. The third kappa shape index (κ3) is 3.07. The van der Waals surface area contributed by atoms with Gasteiger partial charge in [-0.05, 0) is 28.9 Å². The molecule has 0 aliphatic heterocycles. The Labute approximate surface area is 120 Å². The highest BCUT2D eigenvalue weighted by atomic mass is 79.9. The first kappa shape index (κ1) is 14.3. The molecule has 0 radical (unpaired) electrons. The molecule has 102 valence electrons. The summed E-state index contributed by atoms with van der Waals surface area (Å²) in [5.41, 5.74) is 0. The molecular formula is C9H6BrF2N3O2S2. The molecule has 0 bridgehead atoms. The summed E-state index contributed by atoms with van der Waals surface area (Å²) in [7, 11) is -4.21. The summed E-state index contributed by atoms with van der Waals surface area (Å²) >= 11 is 3.64. The quantitative estimate of drug-likeness (QED) is 0.902. The minimum Gasteiger partial charge on any atom is -0.253 e. The van der Waals surface area contributed by atoms with Crippen LogP contribution in [0.1, 0.15) is 5.82 Å². The van der Waals surface area contributed by atoms with E-state index in [-0.39, 0.29) is 9.60 Å². The van der Waals surface area contributed by atoms with E-state index in [4.69, 9.17) is 0 Å². The number of nitrogens with one attached hydrogen (secondary N) is 1. The predicted molar refractivity (Wildman–Crippen MR) is 69.5 cm³/mol. The molecule has 2 rings (SSSR count). The van der Waals surface area contributed by atoms with Gasteiger partial charge in [0.05, 0.1) is 0 Å². The van der Waals surface area contributed by atoms with Crippen LogP contribution in [-0.2, 0) is 10.0 Å². The molecule has 0 spiro atoms. The highest BCUT2D eigenvalue weighted by molar-refractivity contribution is 9.10. The van der Waals surface area contributed by atoms with Gasteiger partial charge in [0.1, 0.15) is 22.4 Å². The van der Waals surface area contributed by atoms with E-state index in [0.717, 1.165) is 17.6 Å². The van der Waals surface area contributed by atoms with E-state index in [2.05, 4.69) is 30.0 Å². The summed E-state index contributed by atoms with van der Waals surface area (Å²) in [4.78, 5) is 3.12. The smallest absolute Gasteiger partial charge is 0.253 e. The lowest BCUT2D eigenvalue weighted by Gasteiger charge is -2.08. The van der Waals surface area contributed by atoms with Crippen molar-refractivity contribution in [3.05, 3.63) is 34.1 Å². The van der Waals surface area contributed by atoms with Crippen molar-refractivity contribution in [3.8, 4) is 0 Å². The third-order valence-electron chi connectivity index (χ3n) is 1.98. The van der Waals surface area contributed by atoms with Gasteiger partial charge in [0.2, 0.25) is 5.13 Å². The number of aromatic nitrogens is 2. The number of rotatable bonds is 3. The molecule has 0 aliphatic rings. The van der Waals surface area contributed by atoms with E-state index in [1.165, 1.54) is 0 Å². The number of nitrogens with zero attached hydrogens (tertiary/aromatic N) is 2. The molecule has 0 saturated carbocycles. The fourth-order valence-corrected chi connectivity index (χ4v) is 4.26. The van der Waals surface area contributed by atoms with Gasteiger partial charge in [-0.15, -0.1) is 0 Å². The Kier molecular flexibility index (Phi) is 3.83. The second kappa shape index (κ2) is 5.10. The topological polar surface area (TPSA) is 72.0 Å². The van der Waals surface area contributed by atoms with Gasteiger partial charge in [0, 0.05) is 22.1 Å². The molecule has 0 saturated heterocycles. The first-order valence-corrected chi connectivity index (χ1v) is 7.82. The second-order valence-electron chi connectivity index (χ2n) is 3.45. The fourth-order valence-electron chi connectivity index (χ4n) is 1.29. The maximum absolute atomic E-state index is 13.6. The van der Waals surface area contributed by atoms with Crippen LogP contribution in [-0.4, -0.2) is 17.8 Å². The lowest BCUT2D eigenvalue weighted by molar-refractivity contribution is 0.548. The van der Waals surface area contributed by atoms with Crippen molar-refractivity contribution in [1.82, 2.24) is 9.36 Å². The van der Waals surface area contributed by atoms with Gasteiger partial charge >= 0.3 is 0 Å². The van der Waals surface area contributed by atoms with Crippen molar-refractivity contribution in [2.45, 2.75) is 11.8 Å². The maximum atomic E-state index is 13.6. The average Bonchev–Trinajstić information content (AvgIpc) is 2.60. The van der Waals surface area contributed by atoms with Gasteiger partial charge in [-0.1, -0.05) is 0 Å². The van der Waals surface area contributed by atoms with E-state index in [9.17, 15) is 17.2 Å². The first-order valence-electron chi connectivity index (χ1n) is 4.77. The number of benzene rings is 1. The van der Waals surface area contributed by atoms with E-state index in [1.54, 1.807) is 6.92 Å². The highest BCUT2D eigenvalue weighted by Gasteiger charge is 2.24. The summed E-state index contributed by atoms with van der Waals surface area (Å²) in [6.45, 7) is 1.59. The molecule has 1 aromatic carbocycles. The zero-order valence-electron chi connectivity index (χ0n) is 9.32. The van der Waals surface area contributed by atoms with Crippen LogP contribution < -0.4 is 4.72 Å². The summed E-state index contributed by atoms with van der Waals surface area (Å²) in [5, 5.41) is 0.00752. The minimum atomic E-state index is -4.21. The van der Waals surface area contributed by atoms with E-state index >= 15 is 0 Å². The molecule has 1 heterocycles. The van der Waals surface area contributed by atoms with Crippen LogP contribution in [0.5, 0.6) is 0 Å². The van der Waals surface area contributed by atoms with Gasteiger partial charge in [-0.2, -0.15) is 4.37 Å². The van der Waals surface area contributed by atoms with E-state index in [1.807, 2.05) is 0 Å². The lowest BCUT2D eigenvalue weighted by atomic mass is 10.3. The first-order chi connectivity index (χ1) is 8.79. The Morgan fingerprint density at radius 3 is 2.58 bits per heavy atom. The number of hydrogen-bond donors (Lipinski definition) is 1. The van der Waals surface area contributed by atoms with Crippen LogP contribution in [0.25, 0.3) is 0 Å². The van der Waals surface area contributed by atoms with Crippen LogP contribution in [0.2, 0.25) is 0 Å². The van der Waals surface area contributed by atoms with Crippen LogP contribution in [0, 0.1) is 18.6 Å². The Morgan fingerprint density at radius 1 is 1.37 bits per heavy atom. The molecule has 0 fully saturated rings. The van der Waals surface area contributed by atoms with Gasteiger partial charge in [0.15, 0.2) is 0 Å². The molecule has 10 heteroatoms. The maximum Gasteiger partial charge on any atom is 0.267 e. The molecule has 19 heavy (non-hydrogen) atoms. The number of anilines is 1. The van der Waals surface area contributed by atoms with Crippen molar-refractivity contribution in [2.75, 3.05) is 4.72 Å². The number of halogens is 3. The van der Waals surface area contributed by atoms with Gasteiger partial charge < -0.3 is 0 Å². The Bertz CT molecular complexity index is 710. The molecule has 0 atom stereocenters. The lowest BCUT2D eigenvalue weighted by Crippen LogP contribution is -2.15. The summed E-state index contributed by atoms with van der Waals surface area (Å²) in [5.74, 6) is -1.68. The number of hydrogen-bond acceptors (Lipinski definition) is 5. The average molecular weight is 370 g/mol. The van der Waals surface area contributed by atoms with Crippen molar-refractivity contribution >= 4 is 42.6 Å². The predicted octanol–water partition coefficient (Wildman–Crippen LogP) is 2.69. The number of aryl methyl sites for hydroxylation is 1. The Morgan fingerprint density at radius 2 is 2.05 bits per heavy atom. The Balaban J connectivity index is 2.45. The zero-order valence-corrected chi connectivity index (χ0v) is 12.5. The normalized spacial score (nSPS) is 11.6. The van der Waals surface area contributed by atoms with Gasteiger partial charge in [0.25, 0.3) is 10.0 Å². The Hall–Kier alpha value is -1.13. The van der Waals surface area contributed by atoms with Gasteiger partial charge in [-0.25, -0.2) is 22.2 Å². The standard InChI is InChI=1S/C9H6BrF2N3O2S2/c1-4-13-9(18-14-4)15-19(16,17)8-6(10)2-5(11)3-7(8)12/h2-3H,1H3,(H,13,14,15). The molecule has 0 amide bonds. The van der Waals surface area contributed by atoms with Crippen molar-refractivity contribution < 1.29 is 17.2 Å². The molecule has 0 unspecified atom stereocenters. The van der Waals surface area contributed by atoms with Crippen LogP contribution >= 0.6 is 27.5 Å². The SMILES string of the molecule is Cc1nsc(NS(=O)(=O)c2c(F)cc(F)cc2Br)n1. The monoisotopic (exact) mass is 369 g/mol. The third-order valence-corrected chi connectivity index (χ3v) is 5.13. The molecule has 2 aromatic rings. The highest BCUT2D eigenvalue weighted by Crippen LogP contribution is 2.28. The van der Waals surface area contributed by atoms with Crippen LogP contribution in [0.15, 0.2) is 21.5 Å². The van der Waals surface area contributed by atoms with Crippen molar-refractivity contribution in [1.29, 1.82) is 0 Å². The van der Waals surface area contributed by atoms with Crippen molar-refractivity contribution in [3.63, 3.8) is 0 Å². The fraction of sp³-hybridized carbons (Fsp3) is 0.111. The summed E-state index contributed by atoms with van der Waals surface area (Å²) in [6.07, 6.45) is 0. The number of sulfonamides is 1. The molecular weight excluding hydrogens is 364 g/mol. The van der Waals surface area contributed by atoms with Crippen molar-refractivity contribution in [2.24, 2.45) is 0 Å². The van der Waals surface area contributed by atoms with E-state index < -0.39 is 26.6 Å². The second-order valence-corrected chi connectivity index (χ2v) is 6.68. The molecule has 0 aliphatic carbocycles. The minimum absolute atomic E-state index is 0.00752. The molecule has 5 nitrogen and oxygen atoms in total. The van der Waals surface area contributed by atoms with Gasteiger partial charge in [-0.3, -0.25) is 4.72 Å². The van der Waals surface area contributed by atoms with Crippen LogP contribution in [0.4, 0.5) is 13.9 Å². The zero-order chi connectivity index (χ0) is 14.2. The molecule has 1 N–H and O–H groups in total.